The van der Waals surface area contributed by atoms with Crippen molar-refractivity contribution in [2.45, 2.75) is 44.1 Å². The molecule has 142 valence electrons. The molecule has 5 atom stereocenters. The van der Waals surface area contributed by atoms with Gasteiger partial charge in [-0.3, -0.25) is 19.1 Å². The van der Waals surface area contributed by atoms with Crippen LogP contribution in [0.4, 0.5) is 0 Å². The number of esters is 1. The topological polar surface area (TPSA) is 171 Å². The average molecular weight is 366 g/mol. The van der Waals surface area contributed by atoms with Crippen molar-refractivity contribution in [3.05, 3.63) is 33.1 Å². The van der Waals surface area contributed by atoms with E-state index in [4.69, 9.17) is 10.5 Å². The molecule has 26 heavy (non-hydrogen) atoms. The molecule has 5 N–H and O–H groups in total. The van der Waals surface area contributed by atoms with Crippen molar-refractivity contribution in [1.82, 2.24) is 9.55 Å². The molecule has 1 heterocycles. The molecule has 1 aliphatic carbocycles. The Morgan fingerprint density at radius 3 is 2.73 bits per heavy atom. The molecule has 0 bridgehead atoms. The van der Waals surface area contributed by atoms with Crippen LogP contribution in [0.3, 0.4) is 0 Å². The molecule has 1 aliphatic rings. The Kier molecular flexibility index (Phi) is 5.65. The number of hydrogen-bond donors (Lipinski definition) is 4. The average Bonchev–Trinajstić information content (AvgIpc) is 2.84. The van der Waals surface area contributed by atoms with E-state index in [1.54, 1.807) is 13.8 Å². The number of carbonyl (C=O) groups excluding carboxylic acids is 1. The maximum absolute atomic E-state index is 12.0. The standard InChI is InChI=1S/C16H22N4O6/c1-8(2)11(18)14(24)26-6-9-5-16(7-17,13(23)12(9)22)20-4-3-10(21)19-15(20)25/h3-4,8-9,11-13,22-23H,5-6,18H2,1-2H3,(H,19,21,25)/t9-,11-,12?,13?,16+/m1/s1. The van der Waals surface area contributed by atoms with Gasteiger partial charge in [-0.05, 0) is 12.3 Å². The maximum atomic E-state index is 12.0. The summed E-state index contributed by atoms with van der Waals surface area (Å²) in [6, 6.07) is 2.06. The fourth-order valence-corrected chi connectivity index (χ4v) is 3.03. The summed E-state index contributed by atoms with van der Waals surface area (Å²) in [5, 5.41) is 30.3. The van der Waals surface area contributed by atoms with Crippen LogP contribution in [0.2, 0.25) is 0 Å². The van der Waals surface area contributed by atoms with Crippen molar-refractivity contribution in [1.29, 1.82) is 5.26 Å². The van der Waals surface area contributed by atoms with Gasteiger partial charge in [0, 0.05) is 18.2 Å². The van der Waals surface area contributed by atoms with Gasteiger partial charge in [0.05, 0.1) is 18.8 Å². The van der Waals surface area contributed by atoms with E-state index in [2.05, 4.69) is 0 Å². The van der Waals surface area contributed by atoms with Crippen molar-refractivity contribution >= 4 is 5.97 Å². The SMILES string of the molecule is CC(C)[C@@H](N)C(=O)OC[C@H]1C[C@@](C#N)(n2ccc(=O)[nH]c2=O)C(O)C1O. The Labute approximate surface area is 148 Å². The van der Waals surface area contributed by atoms with Gasteiger partial charge >= 0.3 is 11.7 Å². The number of aliphatic hydroxyl groups excluding tert-OH is 2. The van der Waals surface area contributed by atoms with E-state index < -0.39 is 46.9 Å². The zero-order valence-electron chi connectivity index (χ0n) is 14.5. The Hall–Kier alpha value is -2.48. The molecule has 10 heteroatoms. The molecule has 0 amide bonds. The van der Waals surface area contributed by atoms with E-state index in [1.165, 1.54) is 0 Å². The molecule has 1 fully saturated rings. The second-order valence-electron chi connectivity index (χ2n) is 6.82. The van der Waals surface area contributed by atoms with Crippen LogP contribution >= 0.6 is 0 Å². The van der Waals surface area contributed by atoms with E-state index in [0.29, 0.717) is 0 Å². The second kappa shape index (κ2) is 7.41. The zero-order valence-corrected chi connectivity index (χ0v) is 14.5. The molecule has 1 aromatic heterocycles. The van der Waals surface area contributed by atoms with Crippen LogP contribution < -0.4 is 17.0 Å². The number of ether oxygens (including phenoxy) is 1. The number of aliphatic hydroxyl groups is 2. The normalized spacial score (nSPS) is 29.3. The highest BCUT2D eigenvalue weighted by atomic mass is 16.5. The number of nitrogens with zero attached hydrogens (tertiary/aromatic N) is 2. The number of nitriles is 1. The van der Waals surface area contributed by atoms with Gasteiger partial charge in [0.25, 0.3) is 5.56 Å². The molecule has 1 aromatic rings. The summed E-state index contributed by atoms with van der Waals surface area (Å²) in [7, 11) is 0. The van der Waals surface area contributed by atoms with E-state index in [-0.39, 0.29) is 18.9 Å². The second-order valence-corrected chi connectivity index (χ2v) is 6.82. The van der Waals surface area contributed by atoms with Gasteiger partial charge in [-0.1, -0.05) is 13.8 Å². The van der Waals surface area contributed by atoms with Gasteiger partial charge in [-0.25, -0.2) is 4.79 Å². The first-order valence-corrected chi connectivity index (χ1v) is 8.16. The van der Waals surface area contributed by atoms with E-state index >= 15 is 0 Å². The summed E-state index contributed by atoms with van der Waals surface area (Å²) >= 11 is 0. The van der Waals surface area contributed by atoms with E-state index in [0.717, 1.165) is 16.8 Å². The lowest BCUT2D eigenvalue weighted by atomic mass is 9.95. The molecule has 2 rings (SSSR count). The molecule has 0 spiro atoms. The van der Waals surface area contributed by atoms with Crippen LogP contribution in [0.1, 0.15) is 20.3 Å². The lowest BCUT2D eigenvalue weighted by Gasteiger charge is -2.27. The van der Waals surface area contributed by atoms with Gasteiger partial charge < -0.3 is 20.7 Å². The van der Waals surface area contributed by atoms with Gasteiger partial charge in [0.1, 0.15) is 12.1 Å². The Morgan fingerprint density at radius 2 is 2.19 bits per heavy atom. The molecule has 1 saturated carbocycles. The van der Waals surface area contributed by atoms with Crippen LogP contribution in [0, 0.1) is 23.2 Å². The third-order valence-electron chi connectivity index (χ3n) is 4.75. The van der Waals surface area contributed by atoms with Gasteiger partial charge in [0.15, 0.2) is 5.54 Å². The molecule has 0 aromatic carbocycles. The quantitative estimate of drug-likeness (QED) is 0.434. The number of rotatable bonds is 5. The lowest BCUT2D eigenvalue weighted by molar-refractivity contribution is -0.149. The summed E-state index contributed by atoms with van der Waals surface area (Å²) in [4.78, 5) is 37.1. The van der Waals surface area contributed by atoms with E-state index in [1.807, 2.05) is 11.1 Å². The summed E-state index contributed by atoms with van der Waals surface area (Å²) in [6.07, 6.45) is -2.08. The summed E-state index contributed by atoms with van der Waals surface area (Å²) < 4.78 is 5.98. The number of nitrogens with one attached hydrogen (secondary N) is 1. The summed E-state index contributed by atoms with van der Waals surface area (Å²) in [5.41, 5.74) is 2.36. The van der Waals surface area contributed by atoms with Gasteiger partial charge in [-0.15, -0.1) is 0 Å². The highest BCUT2D eigenvalue weighted by Crippen LogP contribution is 2.40. The number of carbonyl (C=O) groups is 1. The summed E-state index contributed by atoms with van der Waals surface area (Å²) in [5.74, 6) is -1.58. The maximum Gasteiger partial charge on any atom is 0.329 e. The van der Waals surface area contributed by atoms with Gasteiger partial charge in [0.2, 0.25) is 0 Å². The highest BCUT2D eigenvalue weighted by Gasteiger charge is 2.55. The highest BCUT2D eigenvalue weighted by molar-refractivity contribution is 5.75. The largest absolute Gasteiger partial charge is 0.464 e. The van der Waals surface area contributed by atoms with Crippen molar-refractivity contribution in [3.8, 4) is 6.07 Å². The van der Waals surface area contributed by atoms with Crippen LogP contribution in [0.25, 0.3) is 0 Å². The Balaban J connectivity index is 2.25. The smallest absolute Gasteiger partial charge is 0.329 e. The molecule has 2 unspecified atom stereocenters. The van der Waals surface area contributed by atoms with Crippen LogP contribution in [-0.2, 0) is 15.1 Å². The first-order chi connectivity index (χ1) is 12.1. The Bertz CT molecular complexity index is 825. The van der Waals surface area contributed by atoms with Gasteiger partial charge in [-0.2, -0.15) is 5.26 Å². The first-order valence-electron chi connectivity index (χ1n) is 8.16. The van der Waals surface area contributed by atoms with Crippen molar-refractivity contribution in [2.24, 2.45) is 17.6 Å². The number of hydrogen-bond acceptors (Lipinski definition) is 8. The number of aromatic amines is 1. The molecule has 10 nitrogen and oxygen atoms in total. The third kappa shape index (κ3) is 3.41. The molecule has 0 saturated heterocycles. The predicted molar refractivity (Wildman–Crippen MR) is 88.8 cm³/mol. The van der Waals surface area contributed by atoms with Crippen LogP contribution in [0.5, 0.6) is 0 Å². The minimum absolute atomic E-state index is 0.139. The van der Waals surface area contributed by atoms with Crippen molar-refractivity contribution in [2.75, 3.05) is 6.61 Å². The Morgan fingerprint density at radius 1 is 1.54 bits per heavy atom. The lowest BCUT2D eigenvalue weighted by Crippen LogP contribution is -2.49. The minimum Gasteiger partial charge on any atom is -0.464 e. The molecule has 0 radical (unpaired) electrons. The molecule has 0 aliphatic heterocycles. The molecular formula is C16H22N4O6. The monoisotopic (exact) mass is 366 g/mol. The zero-order chi connectivity index (χ0) is 19.6. The van der Waals surface area contributed by atoms with Crippen molar-refractivity contribution in [3.63, 3.8) is 0 Å². The predicted octanol–water partition coefficient (Wildman–Crippen LogP) is -1.98. The first kappa shape index (κ1) is 19.8. The van der Waals surface area contributed by atoms with E-state index in [9.17, 15) is 29.9 Å². The van der Waals surface area contributed by atoms with Crippen molar-refractivity contribution < 1.29 is 19.7 Å². The third-order valence-corrected chi connectivity index (χ3v) is 4.75. The van der Waals surface area contributed by atoms with Crippen LogP contribution in [-0.4, -0.2) is 50.6 Å². The fourth-order valence-electron chi connectivity index (χ4n) is 3.03. The molecular weight excluding hydrogens is 344 g/mol. The number of H-pyrrole nitrogens is 1. The minimum atomic E-state index is -1.79. The number of nitrogens with two attached hydrogens (primary N) is 1. The van der Waals surface area contributed by atoms with Crippen LogP contribution in [0.15, 0.2) is 21.9 Å². The summed E-state index contributed by atoms with van der Waals surface area (Å²) in [6.45, 7) is 3.24. The fraction of sp³-hybridized carbons (Fsp3) is 0.625. The number of aromatic nitrogens is 2.